The molecule has 1 heterocycles. The predicted molar refractivity (Wildman–Crippen MR) is 98.8 cm³/mol. The number of carbonyl (C=O) groups is 2. The third-order valence-corrected chi connectivity index (χ3v) is 6.24. The third kappa shape index (κ3) is 5.12. The molecule has 1 aliphatic heterocycles. The van der Waals surface area contributed by atoms with Crippen molar-refractivity contribution in [1.29, 1.82) is 0 Å². The minimum Gasteiger partial charge on any atom is -0.345 e. The maximum Gasteiger partial charge on any atom is 0.243 e. The van der Waals surface area contributed by atoms with Crippen LogP contribution >= 0.6 is 0 Å². The maximum atomic E-state index is 12.7. The van der Waals surface area contributed by atoms with Gasteiger partial charge in [0.05, 0.1) is 23.5 Å². The van der Waals surface area contributed by atoms with Crippen LogP contribution in [0, 0.1) is 5.92 Å². The van der Waals surface area contributed by atoms with E-state index in [0.717, 1.165) is 0 Å². The predicted octanol–water partition coefficient (Wildman–Crippen LogP) is 0.898. The highest BCUT2D eigenvalue weighted by atomic mass is 32.2. The summed E-state index contributed by atoms with van der Waals surface area (Å²) in [5.41, 5.74) is 5.86. The second-order valence-corrected chi connectivity index (χ2v) is 9.00. The van der Waals surface area contributed by atoms with Gasteiger partial charge in [-0.1, -0.05) is 32.0 Å². The molecule has 0 bridgehead atoms. The van der Waals surface area contributed by atoms with Crippen LogP contribution < -0.4 is 11.1 Å². The molecular formula is C18H27N3O4S. The van der Waals surface area contributed by atoms with E-state index in [1.807, 2.05) is 13.8 Å². The lowest BCUT2D eigenvalue weighted by Gasteiger charge is -2.21. The quantitative estimate of drug-likeness (QED) is 0.761. The molecule has 0 radical (unpaired) electrons. The second kappa shape index (κ2) is 8.75. The molecule has 0 aliphatic carbocycles. The lowest BCUT2D eigenvalue weighted by molar-refractivity contribution is -0.128. The minimum absolute atomic E-state index is 0.161. The number of Topliss-reactive ketones (excluding diaryl/α,β-unsaturated/α-hetero) is 1. The van der Waals surface area contributed by atoms with E-state index in [-0.39, 0.29) is 35.6 Å². The van der Waals surface area contributed by atoms with Gasteiger partial charge in [-0.3, -0.25) is 9.59 Å². The Bertz CT molecular complexity index is 734. The van der Waals surface area contributed by atoms with Gasteiger partial charge in [0, 0.05) is 6.54 Å². The molecule has 0 aromatic heterocycles. The molecular weight excluding hydrogens is 354 g/mol. The van der Waals surface area contributed by atoms with Gasteiger partial charge in [0.15, 0.2) is 5.78 Å². The first-order chi connectivity index (χ1) is 12.2. The molecule has 3 N–H and O–H groups in total. The van der Waals surface area contributed by atoms with E-state index < -0.39 is 22.1 Å². The molecule has 0 saturated carbocycles. The normalized spacial score (nSPS) is 20.6. The van der Waals surface area contributed by atoms with Crippen LogP contribution in [0.25, 0.3) is 0 Å². The Morgan fingerprint density at radius 2 is 1.96 bits per heavy atom. The number of carbonyl (C=O) groups excluding carboxylic acids is 2. The highest BCUT2D eigenvalue weighted by molar-refractivity contribution is 7.89. The summed E-state index contributed by atoms with van der Waals surface area (Å²) in [5.74, 6) is -0.407. The summed E-state index contributed by atoms with van der Waals surface area (Å²) in [6.45, 7) is 3.93. The fourth-order valence-corrected chi connectivity index (χ4v) is 4.45. The number of amides is 1. The SMILES string of the molecule is CC(C)C[C@H](N)C(=O)NC1CCCN(S(=O)(=O)c2ccccc2)CC1=O. The Labute approximate surface area is 155 Å². The smallest absolute Gasteiger partial charge is 0.243 e. The number of nitrogens with zero attached hydrogens (tertiary/aromatic N) is 1. The average Bonchev–Trinajstić information content (AvgIpc) is 2.77. The molecule has 1 unspecified atom stereocenters. The van der Waals surface area contributed by atoms with Crippen LogP contribution in [0.4, 0.5) is 0 Å². The van der Waals surface area contributed by atoms with Crippen molar-refractivity contribution in [3.05, 3.63) is 30.3 Å². The minimum atomic E-state index is -3.73. The third-order valence-electron chi connectivity index (χ3n) is 4.38. The first-order valence-corrected chi connectivity index (χ1v) is 10.3. The molecule has 8 heteroatoms. The van der Waals surface area contributed by atoms with E-state index in [9.17, 15) is 18.0 Å². The van der Waals surface area contributed by atoms with Crippen LogP contribution in [0.15, 0.2) is 35.2 Å². The van der Waals surface area contributed by atoms with Gasteiger partial charge in [0.1, 0.15) is 0 Å². The van der Waals surface area contributed by atoms with Crippen LogP contribution in [0.5, 0.6) is 0 Å². The number of ketones is 1. The fourth-order valence-electron chi connectivity index (χ4n) is 2.99. The van der Waals surface area contributed by atoms with Crippen molar-refractivity contribution in [1.82, 2.24) is 9.62 Å². The Hall–Kier alpha value is -1.77. The van der Waals surface area contributed by atoms with Crippen molar-refractivity contribution in [2.45, 2.75) is 50.1 Å². The second-order valence-electron chi connectivity index (χ2n) is 7.06. The van der Waals surface area contributed by atoms with E-state index >= 15 is 0 Å². The van der Waals surface area contributed by atoms with Gasteiger partial charge < -0.3 is 11.1 Å². The fraction of sp³-hybridized carbons (Fsp3) is 0.556. The average molecular weight is 381 g/mol. The van der Waals surface area contributed by atoms with Gasteiger partial charge in [0.25, 0.3) is 0 Å². The number of hydrogen-bond donors (Lipinski definition) is 2. The Morgan fingerprint density at radius 3 is 2.58 bits per heavy atom. The van der Waals surface area contributed by atoms with Crippen LogP contribution in [0.1, 0.15) is 33.1 Å². The zero-order valence-corrected chi connectivity index (χ0v) is 16.0. The summed E-state index contributed by atoms with van der Waals surface area (Å²) < 4.78 is 26.6. The molecule has 2 rings (SSSR count). The molecule has 0 spiro atoms. The summed E-state index contributed by atoms with van der Waals surface area (Å²) in [6.07, 6.45) is 1.42. The molecule has 2 atom stereocenters. The van der Waals surface area contributed by atoms with E-state index in [0.29, 0.717) is 19.3 Å². The molecule has 1 amide bonds. The number of hydrogen-bond acceptors (Lipinski definition) is 5. The molecule has 1 aromatic rings. The molecule has 1 aliphatic rings. The van der Waals surface area contributed by atoms with E-state index in [1.165, 1.54) is 16.4 Å². The van der Waals surface area contributed by atoms with E-state index in [4.69, 9.17) is 5.73 Å². The highest BCUT2D eigenvalue weighted by Gasteiger charge is 2.33. The molecule has 144 valence electrons. The topological polar surface area (TPSA) is 110 Å². The van der Waals surface area contributed by atoms with Crippen molar-refractivity contribution in [2.24, 2.45) is 11.7 Å². The molecule has 7 nitrogen and oxygen atoms in total. The first-order valence-electron chi connectivity index (χ1n) is 8.85. The van der Waals surface area contributed by atoms with Crippen LogP contribution in [0.3, 0.4) is 0 Å². The molecule has 1 saturated heterocycles. The molecule has 1 aromatic carbocycles. The Morgan fingerprint density at radius 1 is 1.31 bits per heavy atom. The van der Waals surface area contributed by atoms with Crippen molar-refractivity contribution in [3.63, 3.8) is 0 Å². The van der Waals surface area contributed by atoms with Gasteiger partial charge >= 0.3 is 0 Å². The zero-order valence-electron chi connectivity index (χ0n) is 15.2. The Kier molecular flexibility index (Phi) is 6.91. The van der Waals surface area contributed by atoms with Gasteiger partial charge in [-0.2, -0.15) is 4.31 Å². The lowest BCUT2D eigenvalue weighted by Crippen LogP contribution is -2.50. The molecule has 26 heavy (non-hydrogen) atoms. The summed E-state index contributed by atoms with van der Waals surface area (Å²) in [7, 11) is -3.73. The summed E-state index contributed by atoms with van der Waals surface area (Å²) in [6, 6.07) is 6.67. The first kappa shape index (κ1) is 20.5. The van der Waals surface area contributed by atoms with Crippen molar-refractivity contribution in [3.8, 4) is 0 Å². The van der Waals surface area contributed by atoms with Crippen molar-refractivity contribution < 1.29 is 18.0 Å². The Balaban J connectivity index is 2.05. The largest absolute Gasteiger partial charge is 0.345 e. The van der Waals surface area contributed by atoms with E-state index in [1.54, 1.807) is 18.2 Å². The number of rotatable bonds is 6. The summed E-state index contributed by atoms with van der Waals surface area (Å²) >= 11 is 0. The molecule has 1 fully saturated rings. The van der Waals surface area contributed by atoms with Gasteiger partial charge in [-0.15, -0.1) is 0 Å². The van der Waals surface area contributed by atoms with Gasteiger partial charge in [-0.25, -0.2) is 8.42 Å². The maximum absolute atomic E-state index is 12.7. The van der Waals surface area contributed by atoms with Crippen LogP contribution in [-0.2, 0) is 19.6 Å². The van der Waals surface area contributed by atoms with Gasteiger partial charge in [0.2, 0.25) is 15.9 Å². The zero-order chi connectivity index (χ0) is 19.3. The van der Waals surface area contributed by atoms with Crippen LogP contribution in [-0.4, -0.2) is 49.6 Å². The van der Waals surface area contributed by atoms with E-state index in [2.05, 4.69) is 5.32 Å². The summed E-state index contributed by atoms with van der Waals surface area (Å²) in [4.78, 5) is 24.9. The number of nitrogens with one attached hydrogen (secondary N) is 1. The van der Waals surface area contributed by atoms with Crippen LogP contribution in [0.2, 0.25) is 0 Å². The van der Waals surface area contributed by atoms with Crippen molar-refractivity contribution in [2.75, 3.05) is 13.1 Å². The number of nitrogens with two attached hydrogens (primary N) is 1. The number of benzene rings is 1. The van der Waals surface area contributed by atoms with Gasteiger partial charge in [-0.05, 0) is 37.3 Å². The monoisotopic (exact) mass is 381 g/mol. The number of sulfonamides is 1. The lowest BCUT2D eigenvalue weighted by atomic mass is 10.0. The standard InChI is InChI=1S/C18H27N3O4S/c1-13(2)11-15(19)18(23)20-16-9-6-10-21(12-17(16)22)26(24,25)14-7-4-3-5-8-14/h3-5,7-8,13,15-16H,6,9-12,19H2,1-2H3,(H,20,23)/t15-,16?/m0/s1. The highest BCUT2D eigenvalue weighted by Crippen LogP contribution is 2.19. The summed E-state index contributed by atoms with van der Waals surface area (Å²) in [5, 5.41) is 2.69. The van der Waals surface area contributed by atoms with Crippen molar-refractivity contribution >= 4 is 21.7 Å².